The maximum atomic E-state index is 10.1. The minimum Gasteiger partial charge on any atom is -0.385 e. The Balaban J connectivity index is 2.06. The lowest BCUT2D eigenvalue weighted by Crippen LogP contribution is -2.14. The van der Waals surface area contributed by atoms with Crippen LogP contribution in [0.2, 0.25) is 0 Å². The first kappa shape index (κ1) is 14.6. The van der Waals surface area contributed by atoms with E-state index in [0.29, 0.717) is 0 Å². The molecule has 1 heterocycles. The summed E-state index contributed by atoms with van der Waals surface area (Å²) in [7, 11) is 0. The van der Waals surface area contributed by atoms with Crippen LogP contribution in [0, 0.1) is 13.8 Å². The number of rotatable bonds is 4. The van der Waals surface area contributed by atoms with Crippen molar-refractivity contribution in [3.8, 4) is 0 Å². The van der Waals surface area contributed by atoms with Crippen molar-refractivity contribution in [3.05, 3.63) is 45.4 Å². The van der Waals surface area contributed by atoms with Gasteiger partial charge in [0.2, 0.25) is 0 Å². The number of hydrogen-bond acceptors (Lipinski definition) is 4. The molecule has 2 nitrogen and oxygen atoms in total. The van der Waals surface area contributed by atoms with Crippen LogP contribution in [0.4, 0.5) is 0 Å². The molecule has 2 aromatic rings. The Labute approximate surface area is 122 Å². The Bertz CT molecular complexity index is 553. The number of hydrogen-bond donors (Lipinski definition) is 1. The average molecular weight is 293 g/mol. The summed E-state index contributed by atoms with van der Waals surface area (Å²) >= 11 is 3.39. The van der Waals surface area contributed by atoms with Gasteiger partial charge in [-0.1, -0.05) is 17.7 Å². The smallest absolute Gasteiger partial charge is 0.103 e. The SMILES string of the molecule is Cc1ccc(SCc2nc(C)c(C(C)(C)O)s2)cc1. The first-order valence-electron chi connectivity index (χ1n) is 6.25. The molecule has 19 heavy (non-hydrogen) atoms. The molecule has 0 bridgehead atoms. The molecule has 0 spiro atoms. The van der Waals surface area contributed by atoms with Gasteiger partial charge in [-0.05, 0) is 39.8 Å². The molecule has 0 atom stereocenters. The topological polar surface area (TPSA) is 33.1 Å². The molecular formula is C15H19NOS2. The minimum absolute atomic E-state index is 0.797. The lowest BCUT2D eigenvalue weighted by molar-refractivity contribution is 0.0817. The fraction of sp³-hybridized carbons (Fsp3) is 0.400. The predicted octanol–water partition coefficient (Wildman–Crippen LogP) is 4.28. The molecule has 1 N–H and O–H groups in total. The normalized spacial score (nSPS) is 11.8. The lowest BCUT2D eigenvalue weighted by Gasteiger charge is -2.14. The predicted molar refractivity (Wildman–Crippen MR) is 82.8 cm³/mol. The van der Waals surface area contributed by atoms with Crippen LogP contribution < -0.4 is 0 Å². The number of benzene rings is 1. The van der Waals surface area contributed by atoms with Gasteiger partial charge in [0, 0.05) is 4.90 Å². The van der Waals surface area contributed by atoms with Gasteiger partial charge in [-0.3, -0.25) is 0 Å². The third-order valence-electron chi connectivity index (χ3n) is 2.78. The van der Waals surface area contributed by atoms with Gasteiger partial charge < -0.3 is 5.11 Å². The highest BCUT2D eigenvalue weighted by atomic mass is 32.2. The van der Waals surface area contributed by atoms with E-state index >= 15 is 0 Å². The number of nitrogens with zero attached hydrogens (tertiary/aromatic N) is 1. The van der Waals surface area contributed by atoms with Crippen molar-refractivity contribution in [2.75, 3.05) is 0 Å². The van der Waals surface area contributed by atoms with E-state index in [-0.39, 0.29) is 0 Å². The Hall–Kier alpha value is -0.840. The molecule has 4 heteroatoms. The van der Waals surface area contributed by atoms with Crippen molar-refractivity contribution in [2.24, 2.45) is 0 Å². The fourth-order valence-electron chi connectivity index (χ4n) is 1.86. The zero-order valence-electron chi connectivity index (χ0n) is 11.7. The summed E-state index contributed by atoms with van der Waals surface area (Å²) in [5.41, 5.74) is 1.42. The first-order valence-corrected chi connectivity index (χ1v) is 8.05. The van der Waals surface area contributed by atoms with Crippen molar-refractivity contribution in [1.82, 2.24) is 4.98 Å². The van der Waals surface area contributed by atoms with Crippen molar-refractivity contribution in [3.63, 3.8) is 0 Å². The second-order valence-electron chi connectivity index (χ2n) is 5.18. The molecule has 102 valence electrons. The van der Waals surface area contributed by atoms with E-state index in [1.54, 1.807) is 23.1 Å². The largest absolute Gasteiger partial charge is 0.385 e. The zero-order chi connectivity index (χ0) is 14.0. The Morgan fingerprint density at radius 2 is 1.84 bits per heavy atom. The van der Waals surface area contributed by atoms with E-state index in [2.05, 4.69) is 36.2 Å². The van der Waals surface area contributed by atoms with Crippen molar-refractivity contribution in [2.45, 2.75) is 43.9 Å². The molecule has 2 rings (SSSR count). The second kappa shape index (κ2) is 5.65. The summed E-state index contributed by atoms with van der Waals surface area (Å²) in [5, 5.41) is 11.1. The summed E-state index contributed by atoms with van der Waals surface area (Å²) < 4.78 is 0. The Morgan fingerprint density at radius 1 is 1.21 bits per heavy atom. The maximum absolute atomic E-state index is 10.1. The number of aliphatic hydroxyl groups is 1. The summed E-state index contributed by atoms with van der Waals surface area (Å²) in [5.74, 6) is 0.852. The Morgan fingerprint density at radius 3 is 2.37 bits per heavy atom. The van der Waals surface area contributed by atoms with Gasteiger partial charge in [-0.2, -0.15) is 0 Å². The van der Waals surface area contributed by atoms with Crippen LogP contribution in [-0.2, 0) is 11.4 Å². The lowest BCUT2D eigenvalue weighted by atomic mass is 10.1. The molecule has 0 fully saturated rings. The van der Waals surface area contributed by atoms with Gasteiger partial charge in [0.1, 0.15) is 5.01 Å². The van der Waals surface area contributed by atoms with Gasteiger partial charge in [0.15, 0.2) is 0 Å². The van der Waals surface area contributed by atoms with E-state index in [1.165, 1.54) is 10.5 Å². The Kier molecular flexibility index (Phi) is 4.33. The molecule has 0 saturated carbocycles. The van der Waals surface area contributed by atoms with Gasteiger partial charge >= 0.3 is 0 Å². The van der Waals surface area contributed by atoms with Gasteiger partial charge in [-0.25, -0.2) is 4.98 Å². The summed E-state index contributed by atoms with van der Waals surface area (Å²) in [4.78, 5) is 6.77. The summed E-state index contributed by atoms with van der Waals surface area (Å²) in [6, 6.07) is 8.52. The molecule has 0 saturated heterocycles. The van der Waals surface area contributed by atoms with E-state index in [0.717, 1.165) is 21.3 Å². The van der Waals surface area contributed by atoms with E-state index in [1.807, 2.05) is 20.8 Å². The van der Waals surface area contributed by atoms with Crippen LogP contribution in [0.3, 0.4) is 0 Å². The standard InChI is InChI=1S/C15H19NOS2/c1-10-5-7-12(8-6-10)18-9-13-16-11(2)14(19-13)15(3,4)17/h5-8,17H,9H2,1-4H3. The van der Waals surface area contributed by atoms with Crippen LogP contribution in [0.25, 0.3) is 0 Å². The van der Waals surface area contributed by atoms with E-state index in [9.17, 15) is 5.11 Å². The van der Waals surface area contributed by atoms with E-state index < -0.39 is 5.60 Å². The average Bonchev–Trinajstić information content (AvgIpc) is 2.70. The van der Waals surface area contributed by atoms with Crippen LogP contribution in [0.15, 0.2) is 29.2 Å². The van der Waals surface area contributed by atoms with E-state index in [4.69, 9.17) is 0 Å². The van der Waals surface area contributed by atoms with Crippen LogP contribution in [0.1, 0.15) is 35.0 Å². The van der Waals surface area contributed by atoms with Crippen molar-refractivity contribution >= 4 is 23.1 Å². The third kappa shape index (κ3) is 3.81. The zero-order valence-corrected chi connectivity index (χ0v) is 13.4. The van der Waals surface area contributed by atoms with Crippen molar-refractivity contribution < 1.29 is 5.11 Å². The molecular weight excluding hydrogens is 274 g/mol. The molecule has 0 amide bonds. The highest BCUT2D eigenvalue weighted by Gasteiger charge is 2.22. The van der Waals surface area contributed by atoms with Crippen molar-refractivity contribution in [1.29, 1.82) is 0 Å². The number of aromatic nitrogens is 1. The quantitative estimate of drug-likeness (QED) is 0.854. The van der Waals surface area contributed by atoms with Crippen LogP contribution in [0.5, 0.6) is 0 Å². The maximum Gasteiger partial charge on any atom is 0.103 e. The van der Waals surface area contributed by atoms with Crippen LogP contribution >= 0.6 is 23.1 Å². The number of aryl methyl sites for hydroxylation is 2. The van der Waals surface area contributed by atoms with Crippen LogP contribution in [-0.4, -0.2) is 10.1 Å². The second-order valence-corrected chi connectivity index (χ2v) is 7.32. The van der Waals surface area contributed by atoms with Gasteiger partial charge in [-0.15, -0.1) is 23.1 Å². The van der Waals surface area contributed by atoms with Gasteiger partial charge in [0.25, 0.3) is 0 Å². The number of thioether (sulfide) groups is 1. The minimum atomic E-state index is -0.797. The third-order valence-corrected chi connectivity index (χ3v) is 5.46. The fourth-order valence-corrected chi connectivity index (χ4v) is 3.82. The molecule has 0 unspecified atom stereocenters. The molecule has 0 aliphatic rings. The summed E-state index contributed by atoms with van der Waals surface area (Å²) in [6.45, 7) is 7.67. The first-order chi connectivity index (χ1) is 8.86. The summed E-state index contributed by atoms with van der Waals surface area (Å²) in [6.07, 6.45) is 0. The van der Waals surface area contributed by atoms with Gasteiger partial charge in [0.05, 0.1) is 21.9 Å². The molecule has 0 aliphatic carbocycles. The highest BCUT2D eigenvalue weighted by molar-refractivity contribution is 7.98. The molecule has 1 aromatic carbocycles. The molecule has 0 aliphatic heterocycles. The monoisotopic (exact) mass is 293 g/mol. The molecule has 0 radical (unpaired) electrons. The highest BCUT2D eigenvalue weighted by Crippen LogP contribution is 2.32. The number of thiazole rings is 1. The molecule has 1 aromatic heterocycles.